The van der Waals surface area contributed by atoms with Crippen molar-refractivity contribution in [2.24, 2.45) is 10.7 Å². The average molecular weight is 535 g/mol. The third-order valence-electron chi connectivity index (χ3n) is 4.80. The maximum atomic E-state index is 14.9. The standard InChI is InChI=1S/C21H16ClFN6O4S2/c1-25-19(24)11-2-4-13-15(8-11)26-10-29(20(13)30)16-5-3-12(9-14(16)23)27-21(31)28-35(32,33)18-7-6-17(22)34-18/h2-10H,1H3,(H2,24,25)(H2,27,28,31). The summed E-state index contributed by atoms with van der Waals surface area (Å²) >= 11 is 6.50. The molecule has 2 aromatic heterocycles. The number of benzene rings is 2. The van der Waals surface area contributed by atoms with Gasteiger partial charge in [-0.25, -0.2) is 27.3 Å². The number of anilines is 1. The summed E-state index contributed by atoms with van der Waals surface area (Å²) in [5.41, 5.74) is 6.07. The number of amides is 2. The van der Waals surface area contributed by atoms with E-state index in [0.717, 1.165) is 22.0 Å². The molecule has 35 heavy (non-hydrogen) atoms. The predicted molar refractivity (Wildman–Crippen MR) is 133 cm³/mol. The lowest BCUT2D eigenvalue weighted by atomic mass is 10.1. The topological polar surface area (TPSA) is 149 Å². The number of hydrogen-bond acceptors (Lipinski definition) is 7. The second kappa shape index (κ2) is 9.44. The molecule has 0 aliphatic rings. The van der Waals surface area contributed by atoms with Crippen molar-refractivity contribution in [2.45, 2.75) is 4.21 Å². The van der Waals surface area contributed by atoms with Gasteiger partial charge in [-0.2, -0.15) is 0 Å². The number of rotatable bonds is 5. The van der Waals surface area contributed by atoms with Gasteiger partial charge in [-0.3, -0.25) is 14.4 Å². The maximum Gasteiger partial charge on any atom is 0.333 e. The summed E-state index contributed by atoms with van der Waals surface area (Å²) in [4.78, 5) is 33.2. The molecule has 0 aliphatic heterocycles. The van der Waals surface area contributed by atoms with E-state index in [0.29, 0.717) is 11.1 Å². The number of sulfonamides is 1. The molecule has 2 heterocycles. The van der Waals surface area contributed by atoms with E-state index in [-0.39, 0.29) is 31.1 Å². The second-order valence-corrected chi connectivity index (χ2v) is 10.7. The Kier molecular flexibility index (Phi) is 6.56. The van der Waals surface area contributed by atoms with Crippen molar-refractivity contribution in [2.75, 3.05) is 12.4 Å². The van der Waals surface area contributed by atoms with E-state index < -0.39 is 27.4 Å². The van der Waals surface area contributed by atoms with E-state index in [2.05, 4.69) is 15.3 Å². The normalized spacial score (nSPS) is 12.0. The molecule has 0 atom stereocenters. The van der Waals surface area contributed by atoms with Gasteiger partial charge in [0.15, 0.2) is 0 Å². The summed E-state index contributed by atoms with van der Waals surface area (Å²) in [6.45, 7) is 0. The summed E-state index contributed by atoms with van der Waals surface area (Å²) in [5, 5.41) is 2.47. The van der Waals surface area contributed by atoms with Crippen LogP contribution in [0.15, 0.2) is 68.9 Å². The Morgan fingerprint density at radius 2 is 1.97 bits per heavy atom. The summed E-state index contributed by atoms with van der Waals surface area (Å²) in [7, 11) is -2.61. The minimum atomic E-state index is -4.15. The van der Waals surface area contributed by atoms with E-state index in [1.807, 2.05) is 4.72 Å². The molecule has 4 rings (SSSR count). The van der Waals surface area contributed by atoms with Crippen molar-refractivity contribution >= 4 is 61.4 Å². The zero-order valence-corrected chi connectivity index (χ0v) is 20.2. The number of aromatic nitrogens is 2. The van der Waals surface area contributed by atoms with Crippen molar-refractivity contribution in [3.63, 3.8) is 0 Å². The zero-order chi connectivity index (χ0) is 25.3. The molecule has 2 amide bonds. The van der Waals surface area contributed by atoms with Gasteiger partial charge in [0.2, 0.25) is 0 Å². The number of amidine groups is 1. The van der Waals surface area contributed by atoms with Crippen LogP contribution in [0.5, 0.6) is 0 Å². The Bertz CT molecular complexity index is 1670. The summed E-state index contributed by atoms with van der Waals surface area (Å²) in [5.74, 6) is -0.569. The van der Waals surface area contributed by atoms with Crippen LogP contribution in [0.4, 0.5) is 14.9 Å². The Balaban J connectivity index is 1.57. The largest absolute Gasteiger partial charge is 0.384 e. The number of carbonyl (C=O) groups is 1. The van der Waals surface area contributed by atoms with Gasteiger partial charge in [0, 0.05) is 18.3 Å². The van der Waals surface area contributed by atoms with E-state index in [4.69, 9.17) is 17.3 Å². The SMILES string of the molecule is CN=C(N)c1ccc2c(=O)n(-c3ccc(NC(=O)NS(=O)(=O)c4ccc(Cl)s4)cc3F)cnc2c1. The Hall–Kier alpha value is -3.81. The Morgan fingerprint density at radius 3 is 2.63 bits per heavy atom. The lowest BCUT2D eigenvalue weighted by Crippen LogP contribution is -2.34. The number of nitrogens with one attached hydrogen (secondary N) is 2. The van der Waals surface area contributed by atoms with Crippen LogP contribution in [-0.4, -0.2) is 36.9 Å². The number of hydrogen-bond donors (Lipinski definition) is 3. The highest BCUT2D eigenvalue weighted by Gasteiger charge is 2.20. The van der Waals surface area contributed by atoms with Gasteiger partial charge in [0.05, 0.1) is 20.9 Å². The number of thiophene rings is 1. The molecule has 180 valence electrons. The van der Waals surface area contributed by atoms with Crippen LogP contribution in [0, 0.1) is 5.82 Å². The fourth-order valence-electron chi connectivity index (χ4n) is 3.13. The zero-order valence-electron chi connectivity index (χ0n) is 17.8. The molecule has 4 N–H and O–H groups in total. The number of nitrogens with zero attached hydrogens (tertiary/aromatic N) is 3. The molecule has 2 aromatic carbocycles. The molecule has 0 unspecified atom stereocenters. The Morgan fingerprint density at radius 1 is 1.20 bits per heavy atom. The van der Waals surface area contributed by atoms with Gasteiger partial charge in [0.1, 0.15) is 22.2 Å². The molecule has 14 heteroatoms. The number of nitrogens with two attached hydrogens (primary N) is 1. The minimum absolute atomic E-state index is 0.0380. The number of halogens is 2. The lowest BCUT2D eigenvalue weighted by molar-refractivity contribution is 0.256. The van der Waals surface area contributed by atoms with Gasteiger partial charge in [0.25, 0.3) is 15.6 Å². The quantitative estimate of drug-likeness (QED) is 0.264. The van der Waals surface area contributed by atoms with E-state index >= 15 is 0 Å². The fourth-order valence-corrected chi connectivity index (χ4v) is 5.52. The fraction of sp³-hybridized carbons (Fsp3) is 0.0476. The van der Waals surface area contributed by atoms with Crippen LogP contribution in [0.1, 0.15) is 5.56 Å². The van der Waals surface area contributed by atoms with Crippen molar-refractivity contribution in [1.82, 2.24) is 14.3 Å². The van der Waals surface area contributed by atoms with E-state index in [1.165, 1.54) is 43.7 Å². The first-order valence-electron chi connectivity index (χ1n) is 9.72. The molecule has 0 radical (unpaired) electrons. The van der Waals surface area contributed by atoms with Crippen LogP contribution in [0.2, 0.25) is 4.34 Å². The third-order valence-corrected chi connectivity index (χ3v) is 7.86. The average Bonchev–Trinajstić information content (AvgIpc) is 3.26. The monoisotopic (exact) mass is 534 g/mol. The third kappa shape index (κ3) is 5.01. The predicted octanol–water partition coefficient (Wildman–Crippen LogP) is 3.09. The van der Waals surface area contributed by atoms with Crippen LogP contribution in [0.3, 0.4) is 0 Å². The molecule has 0 aliphatic carbocycles. The molecule has 0 spiro atoms. The number of carbonyl (C=O) groups excluding carboxylic acids is 1. The first-order chi connectivity index (χ1) is 16.6. The minimum Gasteiger partial charge on any atom is -0.384 e. The van der Waals surface area contributed by atoms with E-state index in [1.54, 1.807) is 12.1 Å². The molecule has 0 fully saturated rings. The second-order valence-electron chi connectivity index (χ2n) is 7.04. The molecule has 10 nitrogen and oxygen atoms in total. The van der Waals surface area contributed by atoms with Gasteiger partial charge >= 0.3 is 6.03 Å². The first-order valence-corrected chi connectivity index (χ1v) is 12.4. The summed E-state index contributed by atoms with van der Waals surface area (Å²) < 4.78 is 42.2. The number of urea groups is 1. The smallest absolute Gasteiger partial charge is 0.333 e. The van der Waals surface area contributed by atoms with Crippen LogP contribution in [0.25, 0.3) is 16.6 Å². The van der Waals surface area contributed by atoms with Gasteiger partial charge in [-0.1, -0.05) is 17.7 Å². The van der Waals surface area contributed by atoms with Crippen molar-refractivity contribution in [3.8, 4) is 5.69 Å². The van der Waals surface area contributed by atoms with Crippen molar-refractivity contribution in [1.29, 1.82) is 0 Å². The maximum absolute atomic E-state index is 14.9. The van der Waals surface area contributed by atoms with Gasteiger partial charge in [-0.15, -0.1) is 11.3 Å². The van der Waals surface area contributed by atoms with E-state index in [9.17, 15) is 22.4 Å². The highest BCUT2D eigenvalue weighted by atomic mass is 35.5. The molecule has 0 saturated heterocycles. The first kappa shape index (κ1) is 24.3. The Labute approximate surface area is 206 Å². The van der Waals surface area contributed by atoms with Gasteiger partial charge in [-0.05, 0) is 42.5 Å². The summed E-state index contributed by atoms with van der Waals surface area (Å²) in [6.07, 6.45) is 1.17. The van der Waals surface area contributed by atoms with Crippen LogP contribution < -0.4 is 21.3 Å². The molecule has 4 aromatic rings. The number of fused-ring (bicyclic) bond motifs is 1. The molecular weight excluding hydrogens is 519 g/mol. The molecular formula is C21H16ClFN6O4S2. The van der Waals surface area contributed by atoms with Crippen LogP contribution >= 0.6 is 22.9 Å². The van der Waals surface area contributed by atoms with Crippen molar-refractivity contribution in [3.05, 3.63) is 80.9 Å². The van der Waals surface area contributed by atoms with Gasteiger partial charge < -0.3 is 11.1 Å². The lowest BCUT2D eigenvalue weighted by Gasteiger charge is -2.11. The summed E-state index contributed by atoms with van der Waals surface area (Å²) in [6, 6.07) is 9.77. The van der Waals surface area contributed by atoms with Crippen molar-refractivity contribution < 1.29 is 17.6 Å². The molecule has 0 bridgehead atoms. The highest BCUT2D eigenvalue weighted by molar-refractivity contribution is 7.92. The molecule has 0 saturated carbocycles. The number of aliphatic imine (C=N–C) groups is 1. The highest BCUT2D eigenvalue weighted by Crippen LogP contribution is 2.25. The van der Waals surface area contributed by atoms with Crippen LogP contribution in [-0.2, 0) is 10.0 Å².